The van der Waals surface area contributed by atoms with Crippen molar-refractivity contribution in [2.45, 2.75) is 77.3 Å². The maximum Gasteiger partial charge on any atom is 0.226 e. The van der Waals surface area contributed by atoms with Crippen molar-refractivity contribution < 1.29 is 4.79 Å². The molecular weight excluding hydrogens is 224 g/mol. The molecule has 1 aliphatic carbocycles. The average molecular weight is 252 g/mol. The highest BCUT2D eigenvalue weighted by molar-refractivity contribution is 5.83. The molecule has 0 radical (unpaired) electrons. The van der Waals surface area contributed by atoms with Crippen molar-refractivity contribution >= 4 is 5.91 Å². The summed E-state index contributed by atoms with van der Waals surface area (Å²) >= 11 is 0. The molecule has 2 N–H and O–H groups in total. The average Bonchev–Trinajstić information content (AvgIpc) is 2.89. The van der Waals surface area contributed by atoms with Crippen LogP contribution in [-0.4, -0.2) is 24.5 Å². The fourth-order valence-electron chi connectivity index (χ4n) is 3.56. The van der Waals surface area contributed by atoms with Crippen LogP contribution in [0.2, 0.25) is 0 Å². The Labute approximate surface area is 111 Å². The second-order valence-corrected chi connectivity index (χ2v) is 6.16. The van der Waals surface area contributed by atoms with E-state index in [1.165, 1.54) is 32.1 Å². The lowest BCUT2D eigenvalue weighted by Gasteiger charge is -2.33. The number of amides is 1. The zero-order valence-corrected chi connectivity index (χ0v) is 11.9. The summed E-state index contributed by atoms with van der Waals surface area (Å²) in [7, 11) is 0. The molecule has 104 valence electrons. The van der Waals surface area contributed by atoms with E-state index in [-0.39, 0.29) is 11.5 Å². The van der Waals surface area contributed by atoms with Gasteiger partial charge in [0.05, 0.1) is 0 Å². The zero-order chi connectivity index (χ0) is 13.0. The number of nitrogens with one attached hydrogen (secondary N) is 2. The monoisotopic (exact) mass is 252 g/mol. The first-order chi connectivity index (χ1) is 8.68. The fourth-order valence-corrected chi connectivity index (χ4v) is 3.56. The molecule has 0 aromatic rings. The van der Waals surface area contributed by atoms with Crippen molar-refractivity contribution in [3.05, 3.63) is 0 Å². The molecule has 0 aromatic carbocycles. The third kappa shape index (κ3) is 2.87. The lowest BCUT2D eigenvalue weighted by atomic mass is 9.82. The Kier molecular flexibility index (Phi) is 4.66. The smallest absolute Gasteiger partial charge is 0.226 e. The highest BCUT2D eigenvalue weighted by Crippen LogP contribution is 2.41. The van der Waals surface area contributed by atoms with Gasteiger partial charge >= 0.3 is 0 Å². The quantitative estimate of drug-likeness (QED) is 0.807. The highest BCUT2D eigenvalue weighted by Gasteiger charge is 2.40. The summed E-state index contributed by atoms with van der Waals surface area (Å²) in [6, 6.07) is 0.736. The number of carbonyl (C=O) groups excluding carboxylic acids is 1. The number of carbonyl (C=O) groups is 1. The van der Waals surface area contributed by atoms with E-state index >= 15 is 0 Å². The Hall–Kier alpha value is -0.570. The van der Waals surface area contributed by atoms with Gasteiger partial charge in [-0.3, -0.25) is 4.79 Å². The van der Waals surface area contributed by atoms with Gasteiger partial charge in [0.15, 0.2) is 0 Å². The van der Waals surface area contributed by atoms with Gasteiger partial charge in [-0.25, -0.2) is 0 Å². The lowest BCUT2D eigenvalue weighted by Crippen LogP contribution is -2.53. The largest absolute Gasteiger partial charge is 0.352 e. The third-order valence-corrected chi connectivity index (χ3v) is 5.03. The summed E-state index contributed by atoms with van der Waals surface area (Å²) in [4.78, 5) is 12.5. The Bertz CT molecular complexity index is 278. The van der Waals surface area contributed by atoms with Crippen molar-refractivity contribution in [3.63, 3.8) is 0 Å². The molecule has 1 saturated heterocycles. The third-order valence-electron chi connectivity index (χ3n) is 5.03. The Balaban J connectivity index is 1.89. The van der Waals surface area contributed by atoms with Gasteiger partial charge in [0.25, 0.3) is 0 Å². The molecule has 0 bridgehead atoms. The number of hydrogen-bond donors (Lipinski definition) is 2. The second kappa shape index (κ2) is 6.05. The van der Waals surface area contributed by atoms with Crippen molar-refractivity contribution in [3.8, 4) is 0 Å². The molecule has 2 atom stereocenters. The molecule has 1 amide bonds. The molecule has 2 fully saturated rings. The van der Waals surface area contributed by atoms with Crippen molar-refractivity contribution in [2.24, 2.45) is 5.41 Å². The Morgan fingerprint density at radius 3 is 2.61 bits per heavy atom. The highest BCUT2D eigenvalue weighted by atomic mass is 16.2. The van der Waals surface area contributed by atoms with Gasteiger partial charge in [0.2, 0.25) is 5.91 Å². The standard InChI is InChI=1S/C15H28N2O/c1-3-15(9-5-6-10-15)14(18)17-12(2)13-8-4-7-11-16-13/h12-13,16H,3-11H2,1-2H3,(H,17,18). The molecular formula is C15H28N2O. The second-order valence-electron chi connectivity index (χ2n) is 6.16. The first-order valence-electron chi connectivity index (χ1n) is 7.72. The minimum absolute atomic E-state index is 0.0527. The molecule has 2 unspecified atom stereocenters. The maximum atomic E-state index is 12.5. The summed E-state index contributed by atoms with van der Waals surface area (Å²) in [6.07, 6.45) is 9.35. The van der Waals surface area contributed by atoms with Crippen molar-refractivity contribution in [1.29, 1.82) is 0 Å². The van der Waals surface area contributed by atoms with E-state index in [4.69, 9.17) is 0 Å². The molecule has 1 saturated carbocycles. The molecule has 2 aliphatic rings. The van der Waals surface area contributed by atoms with Crippen LogP contribution in [0.1, 0.15) is 65.2 Å². The van der Waals surface area contributed by atoms with Crippen molar-refractivity contribution in [2.75, 3.05) is 6.54 Å². The first-order valence-corrected chi connectivity index (χ1v) is 7.72. The lowest BCUT2D eigenvalue weighted by molar-refractivity contribution is -0.131. The molecule has 18 heavy (non-hydrogen) atoms. The van der Waals surface area contributed by atoms with Crippen LogP contribution in [0, 0.1) is 5.41 Å². The molecule has 0 spiro atoms. The number of rotatable bonds is 4. The van der Waals surface area contributed by atoms with Crippen LogP contribution in [-0.2, 0) is 4.79 Å². The van der Waals surface area contributed by atoms with E-state index in [9.17, 15) is 4.79 Å². The van der Waals surface area contributed by atoms with E-state index in [1.54, 1.807) is 0 Å². The summed E-state index contributed by atoms with van der Waals surface area (Å²) in [5, 5.41) is 6.81. The van der Waals surface area contributed by atoms with Crippen LogP contribution in [0.5, 0.6) is 0 Å². The minimum Gasteiger partial charge on any atom is -0.352 e. The van der Waals surface area contributed by atoms with Crippen LogP contribution < -0.4 is 10.6 Å². The molecule has 1 aliphatic heterocycles. The molecule has 3 heteroatoms. The number of hydrogen-bond acceptors (Lipinski definition) is 2. The zero-order valence-electron chi connectivity index (χ0n) is 11.9. The molecule has 3 nitrogen and oxygen atoms in total. The van der Waals surface area contributed by atoms with E-state index in [0.29, 0.717) is 11.9 Å². The van der Waals surface area contributed by atoms with Crippen LogP contribution in [0.25, 0.3) is 0 Å². The van der Waals surface area contributed by atoms with Gasteiger partial charge in [-0.1, -0.05) is 26.2 Å². The van der Waals surface area contributed by atoms with Gasteiger partial charge in [0.1, 0.15) is 0 Å². The molecule has 1 heterocycles. The van der Waals surface area contributed by atoms with Crippen LogP contribution in [0.3, 0.4) is 0 Å². The normalized spacial score (nSPS) is 28.9. The van der Waals surface area contributed by atoms with Gasteiger partial charge in [-0.05, 0) is 45.6 Å². The Morgan fingerprint density at radius 1 is 1.33 bits per heavy atom. The van der Waals surface area contributed by atoms with E-state index in [2.05, 4.69) is 24.5 Å². The van der Waals surface area contributed by atoms with Gasteiger partial charge in [-0.2, -0.15) is 0 Å². The minimum atomic E-state index is -0.0527. The van der Waals surface area contributed by atoms with Gasteiger partial charge in [0, 0.05) is 17.5 Å². The van der Waals surface area contributed by atoms with Crippen LogP contribution >= 0.6 is 0 Å². The van der Waals surface area contributed by atoms with Crippen LogP contribution in [0.4, 0.5) is 0 Å². The SMILES string of the molecule is CCC1(C(=O)NC(C)C2CCCCN2)CCCC1. The maximum absolute atomic E-state index is 12.5. The summed E-state index contributed by atoms with van der Waals surface area (Å²) in [6.45, 7) is 5.41. The summed E-state index contributed by atoms with van der Waals surface area (Å²) < 4.78 is 0. The first kappa shape index (κ1) is 13.9. The van der Waals surface area contributed by atoms with E-state index in [0.717, 1.165) is 25.8 Å². The van der Waals surface area contributed by atoms with E-state index < -0.39 is 0 Å². The summed E-state index contributed by atoms with van der Waals surface area (Å²) in [5.74, 6) is 0.308. The van der Waals surface area contributed by atoms with Gasteiger partial charge < -0.3 is 10.6 Å². The van der Waals surface area contributed by atoms with E-state index in [1.807, 2.05) is 0 Å². The predicted octanol–water partition coefficient (Wildman–Crippen LogP) is 2.60. The summed E-state index contributed by atoms with van der Waals surface area (Å²) in [5.41, 5.74) is -0.0527. The topological polar surface area (TPSA) is 41.1 Å². The number of piperidine rings is 1. The Morgan fingerprint density at radius 2 is 2.06 bits per heavy atom. The predicted molar refractivity (Wildman–Crippen MR) is 74.4 cm³/mol. The fraction of sp³-hybridized carbons (Fsp3) is 0.933. The molecule has 0 aromatic heterocycles. The van der Waals surface area contributed by atoms with Crippen molar-refractivity contribution in [1.82, 2.24) is 10.6 Å². The van der Waals surface area contributed by atoms with Gasteiger partial charge in [-0.15, -0.1) is 0 Å². The molecule has 2 rings (SSSR count). The van der Waals surface area contributed by atoms with Crippen LogP contribution in [0.15, 0.2) is 0 Å².